The monoisotopic (exact) mass is 438 g/mol. The van der Waals surface area contributed by atoms with Gasteiger partial charge in [-0.05, 0) is 24.4 Å². The number of thioether (sulfide) groups is 1. The van der Waals surface area contributed by atoms with Crippen LogP contribution < -0.4 is 20.5 Å². The fourth-order valence-corrected chi connectivity index (χ4v) is 5.19. The number of fused-ring (bicyclic) bond motifs is 2. The van der Waals surface area contributed by atoms with Crippen LogP contribution in [-0.4, -0.2) is 64.1 Å². The highest BCUT2D eigenvalue weighted by atomic mass is 32.2. The van der Waals surface area contributed by atoms with Crippen LogP contribution in [0.1, 0.15) is 5.37 Å². The minimum atomic E-state index is -0.819. The van der Waals surface area contributed by atoms with Crippen molar-refractivity contribution in [2.45, 2.75) is 22.8 Å². The third-order valence-corrected chi connectivity index (χ3v) is 6.64. The summed E-state index contributed by atoms with van der Waals surface area (Å²) in [6.45, 7) is 0.617. The molecule has 1 aromatic carbocycles. The zero-order valence-corrected chi connectivity index (χ0v) is 17.3. The van der Waals surface area contributed by atoms with Crippen LogP contribution >= 0.6 is 24.0 Å². The van der Waals surface area contributed by atoms with E-state index in [4.69, 9.17) is 32.2 Å². The molecule has 0 bridgehead atoms. The number of hydrogen-bond donors (Lipinski definition) is 4. The molecule has 2 aromatic rings. The van der Waals surface area contributed by atoms with Crippen molar-refractivity contribution in [1.29, 1.82) is 0 Å². The number of ether oxygens (including phenoxy) is 3. The Morgan fingerprint density at radius 1 is 1.41 bits per heavy atom. The van der Waals surface area contributed by atoms with E-state index < -0.39 is 12.2 Å². The van der Waals surface area contributed by atoms with Crippen molar-refractivity contribution >= 4 is 35.5 Å². The van der Waals surface area contributed by atoms with Gasteiger partial charge in [-0.15, -0.1) is 11.8 Å². The number of aliphatic hydroxyl groups excluding tert-OH is 2. The average molecular weight is 439 g/mol. The Balaban J connectivity index is 1.67. The van der Waals surface area contributed by atoms with Gasteiger partial charge in [-0.2, -0.15) is 4.98 Å². The zero-order valence-electron chi connectivity index (χ0n) is 15.6. The van der Waals surface area contributed by atoms with E-state index in [1.54, 1.807) is 10.8 Å². The Hall–Kier alpha value is -1.89. The van der Waals surface area contributed by atoms with E-state index in [0.717, 1.165) is 0 Å². The molecule has 2 unspecified atom stereocenters. The van der Waals surface area contributed by atoms with E-state index in [0.29, 0.717) is 46.7 Å². The second kappa shape index (κ2) is 8.46. The lowest BCUT2D eigenvalue weighted by Crippen LogP contribution is -2.34. The quantitative estimate of drug-likeness (QED) is 0.423. The maximum absolute atomic E-state index is 10.4. The Kier molecular flexibility index (Phi) is 5.95. The van der Waals surface area contributed by atoms with Gasteiger partial charge in [0, 0.05) is 13.7 Å². The summed E-state index contributed by atoms with van der Waals surface area (Å²) in [6, 6.07) is 5.47. The van der Waals surface area contributed by atoms with Gasteiger partial charge >= 0.3 is 0 Å². The topological polar surface area (TPSA) is 124 Å². The molecule has 1 saturated heterocycles. The Bertz CT molecular complexity index is 956. The molecule has 0 saturated carbocycles. The van der Waals surface area contributed by atoms with E-state index in [1.165, 1.54) is 18.9 Å². The van der Waals surface area contributed by atoms with Crippen molar-refractivity contribution in [3.63, 3.8) is 0 Å². The molecule has 1 fully saturated rings. The summed E-state index contributed by atoms with van der Waals surface area (Å²) in [5.74, 6) is 2.16. The molecule has 11 heteroatoms. The summed E-state index contributed by atoms with van der Waals surface area (Å²) in [5.41, 5.74) is 6.19. The number of aliphatic hydroxyl groups is 2. The first kappa shape index (κ1) is 20.4. The van der Waals surface area contributed by atoms with E-state index in [2.05, 4.69) is 10.3 Å². The molecule has 3 heterocycles. The number of para-hydroxylation sites is 1. The van der Waals surface area contributed by atoms with Gasteiger partial charge in [-0.3, -0.25) is 0 Å². The molecule has 0 spiro atoms. The van der Waals surface area contributed by atoms with Crippen LogP contribution in [0.15, 0.2) is 24.4 Å². The van der Waals surface area contributed by atoms with E-state index in [9.17, 15) is 10.2 Å². The molecule has 9 nitrogen and oxygen atoms in total. The Morgan fingerprint density at radius 2 is 2.24 bits per heavy atom. The van der Waals surface area contributed by atoms with Crippen LogP contribution in [0.25, 0.3) is 0 Å². The SMILES string of the molecule is COC1C(O)[C@@H](CO)S[C@H]1n1cc2c(nc1=S)Nc1c(OCCN)cccc1O2. The van der Waals surface area contributed by atoms with E-state index >= 15 is 0 Å². The molecule has 4 rings (SSSR count). The lowest BCUT2D eigenvalue weighted by atomic mass is 10.1. The summed E-state index contributed by atoms with van der Waals surface area (Å²) >= 11 is 6.88. The van der Waals surface area contributed by atoms with Crippen molar-refractivity contribution in [3.05, 3.63) is 29.2 Å². The van der Waals surface area contributed by atoms with Crippen molar-refractivity contribution < 1.29 is 24.4 Å². The van der Waals surface area contributed by atoms with Crippen molar-refractivity contribution in [2.75, 3.05) is 32.2 Å². The molecule has 4 atom stereocenters. The number of benzene rings is 1. The fourth-order valence-electron chi connectivity index (χ4n) is 3.39. The minimum Gasteiger partial charge on any atom is -0.490 e. The molecular formula is C18H22N4O5S2. The van der Waals surface area contributed by atoms with Crippen LogP contribution in [0.4, 0.5) is 11.5 Å². The van der Waals surface area contributed by atoms with Gasteiger partial charge in [0.05, 0.1) is 24.2 Å². The van der Waals surface area contributed by atoms with Crippen molar-refractivity contribution in [2.24, 2.45) is 5.73 Å². The number of nitrogens with one attached hydrogen (secondary N) is 1. The highest BCUT2D eigenvalue weighted by molar-refractivity contribution is 8.00. The van der Waals surface area contributed by atoms with Crippen LogP contribution in [0.3, 0.4) is 0 Å². The van der Waals surface area contributed by atoms with Crippen LogP contribution in [0, 0.1) is 4.77 Å². The normalized spacial score (nSPS) is 25.0. The molecule has 0 aliphatic carbocycles. The lowest BCUT2D eigenvalue weighted by Gasteiger charge is -2.26. The first-order valence-electron chi connectivity index (χ1n) is 9.08. The number of hydrogen-bond acceptors (Lipinski definition) is 10. The Labute approximate surface area is 176 Å². The first-order valence-corrected chi connectivity index (χ1v) is 10.4. The Morgan fingerprint density at radius 3 is 2.97 bits per heavy atom. The van der Waals surface area contributed by atoms with Crippen molar-refractivity contribution in [3.8, 4) is 17.2 Å². The lowest BCUT2D eigenvalue weighted by molar-refractivity contribution is -0.0187. The van der Waals surface area contributed by atoms with E-state index in [1.807, 2.05) is 18.2 Å². The third-order valence-electron chi connectivity index (χ3n) is 4.78. The molecule has 0 radical (unpaired) electrons. The largest absolute Gasteiger partial charge is 0.490 e. The van der Waals surface area contributed by atoms with Gasteiger partial charge in [-0.25, -0.2) is 0 Å². The molecule has 5 N–H and O–H groups in total. The number of methoxy groups -OCH3 is 1. The van der Waals surface area contributed by atoms with Gasteiger partial charge in [0.25, 0.3) is 0 Å². The number of nitrogens with two attached hydrogens (primary N) is 1. The molecular weight excluding hydrogens is 416 g/mol. The van der Waals surface area contributed by atoms with Crippen LogP contribution in [0.2, 0.25) is 0 Å². The average Bonchev–Trinajstić information content (AvgIpc) is 3.05. The summed E-state index contributed by atoms with van der Waals surface area (Å²) in [5, 5.41) is 22.4. The predicted molar refractivity (Wildman–Crippen MR) is 112 cm³/mol. The molecule has 29 heavy (non-hydrogen) atoms. The second-order valence-corrected chi connectivity index (χ2v) is 8.30. The highest BCUT2D eigenvalue weighted by Gasteiger charge is 2.44. The summed E-state index contributed by atoms with van der Waals surface area (Å²) in [4.78, 5) is 4.47. The number of rotatable bonds is 6. The second-order valence-electron chi connectivity index (χ2n) is 6.58. The van der Waals surface area contributed by atoms with Gasteiger partial charge in [-0.1, -0.05) is 6.07 Å². The summed E-state index contributed by atoms with van der Waals surface area (Å²) in [6.07, 6.45) is 0.383. The van der Waals surface area contributed by atoms with Crippen molar-refractivity contribution in [1.82, 2.24) is 9.55 Å². The molecule has 2 aliphatic heterocycles. The maximum Gasteiger partial charge on any atom is 0.202 e. The molecule has 1 aromatic heterocycles. The summed E-state index contributed by atoms with van der Waals surface area (Å²) in [7, 11) is 1.52. The molecule has 0 amide bonds. The number of aromatic nitrogens is 2. The smallest absolute Gasteiger partial charge is 0.202 e. The van der Waals surface area contributed by atoms with Crippen LogP contribution in [0.5, 0.6) is 17.2 Å². The number of nitrogens with zero attached hydrogens (tertiary/aromatic N) is 2. The number of anilines is 2. The maximum atomic E-state index is 10.4. The predicted octanol–water partition coefficient (Wildman–Crippen LogP) is 1.78. The van der Waals surface area contributed by atoms with Gasteiger partial charge in [0.1, 0.15) is 29.5 Å². The first-order chi connectivity index (χ1) is 14.1. The van der Waals surface area contributed by atoms with Gasteiger partial charge in [0.15, 0.2) is 17.3 Å². The third kappa shape index (κ3) is 3.69. The minimum absolute atomic E-state index is 0.162. The summed E-state index contributed by atoms with van der Waals surface area (Å²) < 4.78 is 19.2. The van der Waals surface area contributed by atoms with Gasteiger partial charge < -0.3 is 40.0 Å². The van der Waals surface area contributed by atoms with Crippen LogP contribution in [-0.2, 0) is 4.74 Å². The van der Waals surface area contributed by atoms with E-state index in [-0.39, 0.29) is 17.2 Å². The van der Waals surface area contributed by atoms with Gasteiger partial charge in [0.2, 0.25) is 4.77 Å². The molecule has 156 valence electrons. The standard InChI is InChI=1S/C18H22N4O5S2/c1-25-15-14(24)12(8-23)29-17(15)22-7-11-16(21-18(22)28)20-13-9(26-6-5-19)3-2-4-10(13)27-11/h2-4,7,12,14-15,17,23-24H,5-6,8,19H2,1H3,(H,20,21,28)/t12-,14?,15?,17-/m1/s1. The fraction of sp³-hybridized carbons (Fsp3) is 0.444. The molecule has 2 aliphatic rings. The highest BCUT2D eigenvalue weighted by Crippen LogP contribution is 2.48. The zero-order chi connectivity index (χ0) is 20.5.